The van der Waals surface area contributed by atoms with Crippen LogP contribution in [0.15, 0.2) is 10.8 Å². The SMILES string of the molecule is Cn1nnc(C2=C(N)N(Cl)CN=C2)n1. The van der Waals surface area contributed by atoms with E-state index < -0.39 is 0 Å². The summed E-state index contributed by atoms with van der Waals surface area (Å²) >= 11 is 5.77. The quantitative estimate of drug-likeness (QED) is 0.626. The van der Waals surface area contributed by atoms with Gasteiger partial charge in [0.2, 0.25) is 5.82 Å². The van der Waals surface area contributed by atoms with Gasteiger partial charge in [-0.05, 0) is 5.21 Å². The minimum atomic E-state index is 0.331. The average molecular weight is 214 g/mol. The number of aryl methyl sites for hydroxylation is 1. The van der Waals surface area contributed by atoms with Crippen molar-refractivity contribution in [3.8, 4) is 0 Å². The van der Waals surface area contributed by atoms with Gasteiger partial charge in [-0.1, -0.05) is 0 Å². The molecule has 2 heterocycles. The van der Waals surface area contributed by atoms with Crippen molar-refractivity contribution in [3.05, 3.63) is 11.6 Å². The molecule has 0 aliphatic carbocycles. The van der Waals surface area contributed by atoms with E-state index in [9.17, 15) is 0 Å². The van der Waals surface area contributed by atoms with E-state index in [1.165, 1.54) is 9.22 Å². The number of rotatable bonds is 1. The molecule has 0 radical (unpaired) electrons. The van der Waals surface area contributed by atoms with Crippen molar-refractivity contribution >= 4 is 23.6 Å². The fourth-order valence-electron chi connectivity index (χ4n) is 1.04. The van der Waals surface area contributed by atoms with Crippen molar-refractivity contribution in [2.75, 3.05) is 6.67 Å². The Hall–Kier alpha value is -1.63. The van der Waals surface area contributed by atoms with Gasteiger partial charge in [-0.2, -0.15) is 4.80 Å². The standard InChI is InChI=1S/C6H8ClN7/c1-13-11-6(10-12-13)4-2-9-3-14(7)5(4)8/h2H,3,8H2,1H3. The van der Waals surface area contributed by atoms with Crippen LogP contribution in [0.25, 0.3) is 5.57 Å². The Morgan fingerprint density at radius 1 is 1.57 bits per heavy atom. The number of tetrazole rings is 1. The Bertz CT molecular complexity index is 406. The van der Waals surface area contributed by atoms with Gasteiger partial charge in [-0.25, -0.2) is 4.42 Å². The van der Waals surface area contributed by atoms with Gasteiger partial charge in [0.1, 0.15) is 12.5 Å². The lowest BCUT2D eigenvalue weighted by atomic mass is 10.2. The number of aliphatic imine (C=N–C) groups is 1. The molecule has 1 aliphatic rings. The minimum Gasteiger partial charge on any atom is -0.384 e. The number of nitrogens with zero attached hydrogens (tertiary/aromatic N) is 6. The fraction of sp³-hybridized carbons (Fsp3) is 0.333. The highest BCUT2D eigenvalue weighted by molar-refractivity contribution is 6.18. The Morgan fingerprint density at radius 3 is 3.00 bits per heavy atom. The molecule has 2 rings (SSSR count). The molecule has 0 spiro atoms. The van der Waals surface area contributed by atoms with E-state index in [1.54, 1.807) is 13.3 Å². The summed E-state index contributed by atoms with van der Waals surface area (Å²) in [5.74, 6) is 0.800. The summed E-state index contributed by atoms with van der Waals surface area (Å²) in [6.45, 7) is 0.331. The van der Waals surface area contributed by atoms with E-state index in [-0.39, 0.29) is 0 Å². The fourth-order valence-corrected chi connectivity index (χ4v) is 1.19. The van der Waals surface area contributed by atoms with E-state index in [0.29, 0.717) is 23.9 Å². The second-order valence-electron chi connectivity index (χ2n) is 2.72. The van der Waals surface area contributed by atoms with Crippen LogP contribution in [0, 0.1) is 0 Å². The topological polar surface area (TPSA) is 85.2 Å². The molecule has 0 amide bonds. The van der Waals surface area contributed by atoms with Gasteiger partial charge in [-0.3, -0.25) is 4.99 Å². The van der Waals surface area contributed by atoms with E-state index in [0.717, 1.165) is 0 Å². The van der Waals surface area contributed by atoms with Crippen LogP contribution in [-0.2, 0) is 7.05 Å². The Morgan fingerprint density at radius 2 is 2.36 bits per heavy atom. The summed E-state index contributed by atoms with van der Waals surface area (Å²) in [4.78, 5) is 5.33. The van der Waals surface area contributed by atoms with Crippen molar-refractivity contribution in [1.29, 1.82) is 0 Å². The van der Waals surface area contributed by atoms with Gasteiger partial charge in [0.05, 0.1) is 12.6 Å². The summed E-state index contributed by atoms with van der Waals surface area (Å²) in [5, 5.41) is 11.5. The first-order chi connectivity index (χ1) is 6.68. The van der Waals surface area contributed by atoms with Crippen molar-refractivity contribution < 1.29 is 0 Å². The number of hydrogen-bond donors (Lipinski definition) is 1. The highest BCUT2D eigenvalue weighted by Gasteiger charge is 2.17. The highest BCUT2D eigenvalue weighted by atomic mass is 35.5. The first-order valence-electron chi connectivity index (χ1n) is 3.86. The van der Waals surface area contributed by atoms with Gasteiger partial charge in [0.25, 0.3) is 0 Å². The van der Waals surface area contributed by atoms with Crippen LogP contribution in [0.4, 0.5) is 0 Å². The van der Waals surface area contributed by atoms with E-state index in [1.807, 2.05) is 0 Å². The lowest BCUT2D eigenvalue weighted by Crippen LogP contribution is -2.24. The predicted octanol–water partition coefficient (Wildman–Crippen LogP) is -0.665. The van der Waals surface area contributed by atoms with Crippen LogP contribution in [0.5, 0.6) is 0 Å². The zero-order valence-electron chi connectivity index (χ0n) is 7.42. The highest BCUT2D eigenvalue weighted by Crippen LogP contribution is 2.17. The van der Waals surface area contributed by atoms with Crippen LogP contribution in [0.3, 0.4) is 0 Å². The number of aromatic nitrogens is 4. The summed E-state index contributed by atoms with van der Waals surface area (Å²) in [5.41, 5.74) is 6.31. The molecule has 0 saturated carbocycles. The normalized spacial score (nSPS) is 16.6. The number of nitrogens with two attached hydrogens (primary N) is 1. The monoisotopic (exact) mass is 213 g/mol. The average Bonchev–Trinajstić information content (AvgIpc) is 2.57. The molecule has 0 unspecified atom stereocenters. The van der Waals surface area contributed by atoms with Crippen LogP contribution in [0.1, 0.15) is 5.82 Å². The summed E-state index contributed by atoms with van der Waals surface area (Å²) in [6.07, 6.45) is 1.59. The molecule has 0 fully saturated rings. The lowest BCUT2D eigenvalue weighted by molar-refractivity contribution is 0.564. The van der Waals surface area contributed by atoms with Crippen LogP contribution >= 0.6 is 11.8 Å². The van der Waals surface area contributed by atoms with Crippen molar-refractivity contribution in [3.63, 3.8) is 0 Å². The van der Waals surface area contributed by atoms with Gasteiger partial charge in [0.15, 0.2) is 0 Å². The molecule has 0 atom stereocenters. The molecule has 8 heteroatoms. The number of allylic oxidation sites excluding steroid dienone is 1. The van der Waals surface area contributed by atoms with Gasteiger partial charge < -0.3 is 5.73 Å². The van der Waals surface area contributed by atoms with E-state index in [4.69, 9.17) is 17.5 Å². The smallest absolute Gasteiger partial charge is 0.210 e. The third kappa shape index (κ3) is 1.41. The predicted molar refractivity (Wildman–Crippen MR) is 51.0 cm³/mol. The second kappa shape index (κ2) is 3.26. The van der Waals surface area contributed by atoms with Gasteiger partial charge in [-0.15, -0.1) is 10.2 Å². The molecule has 1 aromatic rings. The Labute approximate surface area is 85.0 Å². The first kappa shape index (κ1) is 8.95. The van der Waals surface area contributed by atoms with Crippen molar-refractivity contribution in [2.45, 2.75) is 0 Å². The first-order valence-corrected chi connectivity index (χ1v) is 4.19. The van der Waals surface area contributed by atoms with Gasteiger partial charge in [0, 0.05) is 18.0 Å². The molecule has 0 saturated heterocycles. The van der Waals surface area contributed by atoms with Crippen molar-refractivity contribution in [1.82, 2.24) is 24.6 Å². The third-order valence-corrected chi connectivity index (χ3v) is 2.00. The van der Waals surface area contributed by atoms with Crippen LogP contribution < -0.4 is 5.73 Å². The molecule has 7 nitrogen and oxygen atoms in total. The maximum Gasteiger partial charge on any atom is 0.210 e. The van der Waals surface area contributed by atoms with Crippen molar-refractivity contribution in [2.24, 2.45) is 17.8 Å². The Balaban J connectivity index is 2.43. The number of hydrogen-bond acceptors (Lipinski definition) is 6. The largest absolute Gasteiger partial charge is 0.384 e. The molecular weight excluding hydrogens is 206 g/mol. The van der Waals surface area contributed by atoms with Crippen LogP contribution in [-0.4, -0.2) is 37.5 Å². The molecule has 0 aromatic carbocycles. The lowest BCUT2D eigenvalue weighted by Gasteiger charge is -2.18. The maximum atomic E-state index is 5.77. The molecule has 0 bridgehead atoms. The van der Waals surface area contributed by atoms with Crippen LogP contribution in [0.2, 0.25) is 0 Å². The summed E-state index contributed by atoms with van der Waals surface area (Å²) in [6, 6.07) is 0. The Kier molecular flexibility index (Phi) is 2.08. The second-order valence-corrected chi connectivity index (χ2v) is 3.12. The number of halogens is 1. The molecule has 2 N–H and O–H groups in total. The molecule has 1 aliphatic heterocycles. The minimum absolute atomic E-state index is 0.331. The zero-order chi connectivity index (χ0) is 10.1. The van der Waals surface area contributed by atoms with E-state index in [2.05, 4.69) is 20.4 Å². The maximum absolute atomic E-state index is 5.77. The molecule has 14 heavy (non-hydrogen) atoms. The summed E-state index contributed by atoms with van der Waals surface area (Å²) < 4.78 is 1.30. The molecule has 1 aromatic heterocycles. The summed E-state index contributed by atoms with van der Waals surface area (Å²) in [7, 11) is 1.67. The van der Waals surface area contributed by atoms with E-state index >= 15 is 0 Å². The zero-order valence-corrected chi connectivity index (χ0v) is 8.18. The van der Waals surface area contributed by atoms with Gasteiger partial charge >= 0.3 is 0 Å². The molecular formula is C6H8ClN7. The third-order valence-electron chi connectivity index (χ3n) is 1.71. The molecule has 74 valence electrons.